The molecule has 0 spiro atoms. The lowest BCUT2D eigenvalue weighted by Gasteiger charge is -2.02. The molecule has 0 atom stereocenters. The highest BCUT2D eigenvalue weighted by Crippen LogP contribution is 2.23. The van der Waals surface area contributed by atoms with Crippen LogP contribution in [-0.2, 0) is 0 Å². The minimum Gasteiger partial charge on any atom is -0.258 e. The normalized spacial score (nSPS) is 11.2. The lowest BCUT2D eigenvalue weighted by molar-refractivity contribution is -0.384. The molecule has 0 heterocycles. The van der Waals surface area contributed by atoms with Crippen LogP contribution in [0.1, 0.15) is 11.1 Å². The number of hydrogen-bond acceptors (Lipinski definition) is 3. The first kappa shape index (κ1) is 14.5. The van der Waals surface area contributed by atoms with Gasteiger partial charge in [0.25, 0.3) is 5.69 Å². The van der Waals surface area contributed by atoms with Gasteiger partial charge in [0.05, 0.1) is 16.6 Å². The third kappa shape index (κ3) is 3.09. The molecule has 4 heteroatoms. The molecule has 0 amide bonds. The number of benzene rings is 3. The molecule has 0 N–H and O–H groups in total. The molecule has 110 valence electrons. The summed E-state index contributed by atoms with van der Waals surface area (Å²) in [7, 11) is 0. The summed E-state index contributed by atoms with van der Waals surface area (Å²) in [6.45, 7) is 0. The van der Waals surface area contributed by atoms with E-state index in [1.807, 2.05) is 42.5 Å². The van der Waals surface area contributed by atoms with E-state index in [9.17, 15) is 15.4 Å². The van der Waals surface area contributed by atoms with Gasteiger partial charge in [0.1, 0.15) is 0 Å². The average molecular weight is 300 g/mol. The summed E-state index contributed by atoms with van der Waals surface area (Å²) >= 11 is 0. The van der Waals surface area contributed by atoms with E-state index >= 15 is 0 Å². The number of hydrogen-bond donors (Lipinski definition) is 0. The molecule has 3 aromatic carbocycles. The molecule has 0 aliphatic rings. The smallest absolute Gasteiger partial charge is 0.258 e. The van der Waals surface area contributed by atoms with Gasteiger partial charge in [-0.2, -0.15) is 5.26 Å². The molecule has 23 heavy (non-hydrogen) atoms. The number of allylic oxidation sites excluding steroid dienone is 1. The monoisotopic (exact) mass is 300 g/mol. The number of non-ortho nitro benzene ring substituents is 1. The van der Waals surface area contributed by atoms with Crippen molar-refractivity contribution in [2.45, 2.75) is 0 Å². The minimum atomic E-state index is -0.455. The van der Waals surface area contributed by atoms with Gasteiger partial charge in [0.2, 0.25) is 0 Å². The fourth-order valence-electron chi connectivity index (χ4n) is 2.41. The first-order valence-electron chi connectivity index (χ1n) is 7.03. The van der Waals surface area contributed by atoms with E-state index in [1.54, 1.807) is 18.2 Å². The summed E-state index contributed by atoms with van der Waals surface area (Å²) < 4.78 is 0. The molecular formula is C19H12N2O2. The zero-order valence-electron chi connectivity index (χ0n) is 12.1. The van der Waals surface area contributed by atoms with E-state index in [0.29, 0.717) is 11.1 Å². The lowest BCUT2D eigenvalue weighted by Crippen LogP contribution is -1.88. The number of nitro groups is 1. The highest BCUT2D eigenvalue weighted by molar-refractivity contribution is 5.92. The molecule has 3 aromatic rings. The van der Waals surface area contributed by atoms with Gasteiger partial charge in [0, 0.05) is 12.1 Å². The van der Waals surface area contributed by atoms with Crippen LogP contribution in [0.3, 0.4) is 0 Å². The van der Waals surface area contributed by atoms with Crippen LogP contribution >= 0.6 is 0 Å². The molecule has 0 saturated carbocycles. The number of nitrogens with zero attached hydrogens (tertiary/aromatic N) is 2. The molecule has 0 fully saturated rings. The van der Waals surface area contributed by atoms with Gasteiger partial charge in [0.15, 0.2) is 0 Å². The fraction of sp³-hybridized carbons (Fsp3) is 0. The second kappa shape index (κ2) is 6.12. The average Bonchev–Trinajstić information content (AvgIpc) is 2.59. The summed E-state index contributed by atoms with van der Waals surface area (Å²) in [5.41, 5.74) is 2.05. The van der Waals surface area contributed by atoms with Crippen molar-refractivity contribution < 1.29 is 4.92 Å². The summed E-state index contributed by atoms with van der Waals surface area (Å²) in [6.07, 6.45) is 1.79. The third-order valence-corrected chi connectivity index (χ3v) is 3.59. The predicted molar refractivity (Wildman–Crippen MR) is 90.5 cm³/mol. The standard InChI is InChI=1S/C19H12N2O2/c20-13-18(16-7-9-19(10-8-16)21(22)23)12-14-5-6-15-3-1-2-4-17(15)11-14/h1-12H. The van der Waals surface area contributed by atoms with Crippen molar-refractivity contribution in [2.75, 3.05) is 0 Å². The van der Waals surface area contributed by atoms with Crippen LogP contribution in [0.5, 0.6) is 0 Å². The minimum absolute atomic E-state index is 0.0109. The van der Waals surface area contributed by atoms with Crippen molar-refractivity contribution in [1.82, 2.24) is 0 Å². The first-order chi connectivity index (χ1) is 11.2. The molecule has 0 radical (unpaired) electrons. The third-order valence-electron chi connectivity index (χ3n) is 3.59. The van der Waals surface area contributed by atoms with E-state index in [1.165, 1.54) is 12.1 Å². The molecule has 4 nitrogen and oxygen atoms in total. The number of nitriles is 1. The largest absolute Gasteiger partial charge is 0.269 e. The molecule has 0 aliphatic heterocycles. The molecule has 0 bridgehead atoms. The van der Waals surface area contributed by atoms with Crippen molar-refractivity contribution in [3.63, 3.8) is 0 Å². The van der Waals surface area contributed by atoms with Gasteiger partial charge >= 0.3 is 0 Å². The van der Waals surface area contributed by atoms with Crippen molar-refractivity contribution in [2.24, 2.45) is 0 Å². The van der Waals surface area contributed by atoms with Gasteiger partial charge in [-0.3, -0.25) is 10.1 Å². The number of rotatable bonds is 3. The summed E-state index contributed by atoms with van der Waals surface area (Å²) in [5.74, 6) is 0. The van der Waals surface area contributed by atoms with E-state index in [4.69, 9.17) is 0 Å². The Balaban J connectivity index is 2.00. The molecular weight excluding hydrogens is 288 g/mol. The Hall–Kier alpha value is -3.45. The maximum atomic E-state index is 10.7. The van der Waals surface area contributed by atoms with Crippen LogP contribution in [0.4, 0.5) is 5.69 Å². The Labute approximate surface area is 133 Å². The molecule has 0 aliphatic carbocycles. The van der Waals surface area contributed by atoms with Crippen molar-refractivity contribution in [1.29, 1.82) is 5.26 Å². The Kier molecular flexibility index (Phi) is 3.86. The van der Waals surface area contributed by atoms with E-state index in [-0.39, 0.29) is 5.69 Å². The van der Waals surface area contributed by atoms with Crippen molar-refractivity contribution in [3.05, 3.63) is 88.0 Å². The van der Waals surface area contributed by atoms with Crippen LogP contribution < -0.4 is 0 Å². The zero-order valence-corrected chi connectivity index (χ0v) is 12.1. The summed E-state index contributed by atoms with van der Waals surface area (Å²) in [5, 5.41) is 22.3. The Bertz CT molecular complexity index is 951. The fourth-order valence-corrected chi connectivity index (χ4v) is 2.41. The second-order valence-electron chi connectivity index (χ2n) is 5.08. The van der Waals surface area contributed by atoms with Crippen LogP contribution in [-0.4, -0.2) is 4.92 Å². The highest BCUT2D eigenvalue weighted by Gasteiger charge is 2.07. The molecule has 0 saturated heterocycles. The van der Waals surface area contributed by atoms with Crippen LogP contribution in [0, 0.1) is 21.4 Å². The lowest BCUT2D eigenvalue weighted by atomic mass is 10.0. The maximum Gasteiger partial charge on any atom is 0.269 e. The number of nitro benzene ring substituents is 1. The zero-order chi connectivity index (χ0) is 16.2. The van der Waals surface area contributed by atoms with Gasteiger partial charge in [-0.15, -0.1) is 0 Å². The SMILES string of the molecule is N#CC(=Cc1ccc2ccccc2c1)c1ccc([N+](=O)[O-])cc1. The quantitative estimate of drug-likeness (QED) is 0.301. The topological polar surface area (TPSA) is 66.9 Å². The van der Waals surface area contributed by atoms with Crippen molar-refractivity contribution in [3.8, 4) is 6.07 Å². The van der Waals surface area contributed by atoms with Crippen molar-refractivity contribution >= 4 is 28.1 Å². The van der Waals surface area contributed by atoms with E-state index in [2.05, 4.69) is 6.07 Å². The Morgan fingerprint density at radius 1 is 1.00 bits per heavy atom. The first-order valence-corrected chi connectivity index (χ1v) is 7.03. The number of fused-ring (bicyclic) bond motifs is 1. The van der Waals surface area contributed by atoms with Gasteiger partial charge in [-0.25, -0.2) is 0 Å². The summed E-state index contributed by atoms with van der Waals surface area (Å²) in [4.78, 5) is 10.2. The van der Waals surface area contributed by atoms with Gasteiger partial charge in [-0.1, -0.05) is 36.4 Å². The van der Waals surface area contributed by atoms with Crippen LogP contribution in [0.25, 0.3) is 22.4 Å². The van der Waals surface area contributed by atoms with Gasteiger partial charge < -0.3 is 0 Å². The molecule has 0 unspecified atom stereocenters. The molecule has 0 aromatic heterocycles. The van der Waals surface area contributed by atoms with Crippen LogP contribution in [0.2, 0.25) is 0 Å². The van der Waals surface area contributed by atoms with Gasteiger partial charge in [-0.05, 0) is 46.2 Å². The maximum absolute atomic E-state index is 10.7. The van der Waals surface area contributed by atoms with E-state index in [0.717, 1.165) is 16.3 Å². The molecule has 3 rings (SSSR count). The van der Waals surface area contributed by atoms with Crippen LogP contribution in [0.15, 0.2) is 66.7 Å². The highest BCUT2D eigenvalue weighted by atomic mass is 16.6. The Morgan fingerprint density at radius 3 is 2.35 bits per heavy atom. The van der Waals surface area contributed by atoms with E-state index < -0.39 is 4.92 Å². The second-order valence-corrected chi connectivity index (χ2v) is 5.08. The predicted octanol–water partition coefficient (Wildman–Crippen LogP) is 4.81. The Morgan fingerprint density at radius 2 is 1.70 bits per heavy atom. The summed E-state index contributed by atoms with van der Waals surface area (Å²) in [6, 6.07) is 22.1.